The number of carbonyl (C=O) groups is 2. The molecule has 1 aliphatic heterocycles. The first kappa shape index (κ1) is 17.0. The van der Waals surface area contributed by atoms with Crippen molar-refractivity contribution in [1.29, 1.82) is 0 Å². The highest BCUT2D eigenvalue weighted by molar-refractivity contribution is 5.80. The normalized spacial score (nSPS) is 19.4. The summed E-state index contributed by atoms with van der Waals surface area (Å²) in [4.78, 5) is 28.7. The Kier molecular flexibility index (Phi) is 5.86. The Hall–Kier alpha value is -1.88. The maximum absolute atomic E-state index is 12.3. The molecule has 0 radical (unpaired) electrons. The first-order chi connectivity index (χ1) is 11.7. The molecule has 0 bridgehead atoms. The van der Waals surface area contributed by atoms with E-state index in [-0.39, 0.29) is 11.8 Å². The third-order valence-electron chi connectivity index (χ3n) is 5.05. The van der Waals surface area contributed by atoms with E-state index in [1.807, 2.05) is 35.2 Å². The third-order valence-corrected chi connectivity index (χ3v) is 5.05. The van der Waals surface area contributed by atoms with Crippen LogP contribution < -0.4 is 5.32 Å². The monoisotopic (exact) mass is 329 g/mol. The van der Waals surface area contributed by atoms with E-state index >= 15 is 0 Å². The van der Waals surface area contributed by atoms with Gasteiger partial charge in [0.05, 0.1) is 6.54 Å². The zero-order chi connectivity index (χ0) is 16.8. The summed E-state index contributed by atoms with van der Waals surface area (Å²) in [6.45, 7) is 4.24. The van der Waals surface area contributed by atoms with Gasteiger partial charge < -0.3 is 10.2 Å². The first-order valence-electron chi connectivity index (χ1n) is 9.04. The number of carbonyl (C=O) groups excluding carboxylic acids is 2. The van der Waals surface area contributed by atoms with Crippen LogP contribution in [0, 0.1) is 5.92 Å². The van der Waals surface area contributed by atoms with E-state index in [9.17, 15) is 9.59 Å². The molecule has 1 N–H and O–H groups in total. The van der Waals surface area contributed by atoms with Crippen molar-refractivity contribution in [2.24, 2.45) is 5.92 Å². The van der Waals surface area contributed by atoms with Crippen LogP contribution in [0.4, 0.5) is 0 Å². The lowest BCUT2D eigenvalue weighted by molar-refractivity contribution is -0.138. The molecule has 5 nitrogen and oxygen atoms in total. The minimum absolute atomic E-state index is 0.0534. The number of benzene rings is 1. The van der Waals surface area contributed by atoms with Gasteiger partial charge in [-0.05, 0) is 24.8 Å². The number of hydrogen-bond acceptors (Lipinski definition) is 3. The number of rotatable bonds is 5. The van der Waals surface area contributed by atoms with Crippen LogP contribution in [0.2, 0.25) is 0 Å². The van der Waals surface area contributed by atoms with Gasteiger partial charge in [-0.3, -0.25) is 14.5 Å². The number of nitrogens with zero attached hydrogens (tertiary/aromatic N) is 2. The summed E-state index contributed by atoms with van der Waals surface area (Å²) in [5, 5.41) is 2.98. The van der Waals surface area contributed by atoms with Crippen molar-refractivity contribution >= 4 is 11.8 Å². The highest BCUT2D eigenvalue weighted by atomic mass is 16.2. The van der Waals surface area contributed by atoms with E-state index in [1.54, 1.807) is 0 Å². The van der Waals surface area contributed by atoms with Gasteiger partial charge in [0, 0.05) is 38.6 Å². The molecule has 2 amide bonds. The van der Waals surface area contributed by atoms with Crippen LogP contribution in [0.25, 0.3) is 0 Å². The second-order valence-electron chi connectivity index (χ2n) is 6.85. The molecule has 1 saturated carbocycles. The molecule has 1 saturated heterocycles. The average molecular weight is 329 g/mol. The molecule has 0 aromatic heterocycles. The highest BCUT2D eigenvalue weighted by Crippen LogP contribution is 2.28. The van der Waals surface area contributed by atoms with Crippen molar-refractivity contribution in [2.75, 3.05) is 32.7 Å². The predicted octanol–water partition coefficient (Wildman–Crippen LogP) is 1.64. The summed E-state index contributed by atoms with van der Waals surface area (Å²) >= 11 is 0. The summed E-state index contributed by atoms with van der Waals surface area (Å²) < 4.78 is 0. The van der Waals surface area contributed by atoms with Crippen molar-refractivity contribution in [1.82, 2.24) is 15.1 Å². The fraction of sp³-hybridized carbons (Fsp3) is 0.579. The Bertz CT molecular complexity index is 557. The molecule has 0 atom stereocenters. The number of amides is 2. The topological polar surface area (TPSA) is 52.7 Å². The van der Waals surface area contributed by atoms with Crippen LogP contribution >= 0.6 is 0 Å². The van der Waals surface area contributed by atoms with Gasteiger partial charge in [-0.25, -0.2) is 0 Å². The fourth-order valence-corrected chi connectivity index (χ4v) is 3.32. The van der Waals surface area contributed by atoms with Gasteiger partial charge in [0.25, 0.3) is 0 Å². The highest BCUT2D eigenvalue weighted by Gasteiger charge is 2.30. The SMILES string of the molecule is O=C(CN1CCCN(C(=O)C2CCC2)CC1)NCc1ccccc1. The van der Waals surface area contributed by atoms with E-state index in [1.165, 1.54) is 6.42 Å². The number of nitrogens with one attached hydrogen (secondary N) is 1. The maximum atomic E-state index is 12.3. The Morgan fingerprint density at radius 1 is 1.00 bits per heavy atom. The van der Waals surface area contributed by atoms with E-state index in [2.05, 4.69) is 10.2 Å². The van der Waals surface area contributed by atoms with Crippen LogP contribution in [0.3, 0.4) is 0 Å². The van der Waals surface area contributed by atoms with E-state index in [4.69, 9.17) is 0 Å². The molecule has 0 unspecified atom stereocenters. The van der Waals surface area contributed by atoms with Crippen molar-refractivity contribution in [3.63, 3.8) is 0 Å². The molecular weight excluding hydrogens is 302 g/mol. The molecule has 1 aliphatic carbocycles. The van der Waals surface area contributed by atoms with Gasteiger partial charge in [-0.2, -0.15) is 0 Å². The van der Waals surface area contributed by atoms with Crippen LogP contribution in [-0.2, 0) is 16.1 Å². The molecule has 1 aromatic rings. The standard InChI is InChI=1S/C19H27N3O2/c23-18(20-14-16-6-2-1-3-7-16)15-21-10-5-11-22(13-12-21)19(24)17-8-4-9-17/h1-3,6-7,17H,4-5,8-15H2,(H,20,23). The van der Waals surface area contributed by atoms with Crippen molar-refractivity contribution in [3.05, 3.63) is 35.9 Å². The Morgan fingerprint density at radius 3 is 2.50 bits per heavy atom. The summed E-state index contributed by atoms with van der Waals surface area (Å²) in [6, 6.07) is 9.94. The molecule has 2 aliphatic rings. The van der Waals surface area contributed by atoms with Gasteiger partial charge in [0.2, 0.25) is 11.8 Å². The zero-order valence-corrected chi connectivity index (χ0v) is 14.2. The van der Waals surface area contributed by atoms with Gasteiger partial charge in [-0.1, -0.05) is 36.8 Å². The molecular formula is C19H27N3O2. The second kappa shape index (κ2) is 8.29. The summed E-state index contributed by atoms with van der Waals surface area (Å²) in [7, 11) is 0. The maximum Gasteiger partial charge on any atom is 0.234 e. The molecule has 24 heavy (non-hydrogen) atoms. The predicted molar refractivity (Wildman–Crippen MR) is 93.3 cm³/mol. The Balaban J connectivity index is 1.41. The fourth-order valence-electron chi connectivity index (χ4n) is 3.32. The molecule has 130 valence electrons. The van der Waals surface area contributed by atoms with Crippen LogP contribution in [0.15, 0.2) is 30.3 Å². The van der Waals surface area contributed by atoms with Crippen LogP contribution in [0.1, 0.15) is 31.2 Å². The number of hydrogen-bond donors (Lipinski definition) is 1. The summed E-state index contributed by atoms with van der Waals surface area (Å²) in [6.07, 6.45) is 4.25. The van der Waals surface area contributed by atoms with Gasteiger partial charge in [0.15, 0.2) is 0 Å². The van der Waals surface area contributed by atoms with Gasteiger partial charge >= 0.3 is 0 Å². The third kappa shape index (κ3) is 4.57. The molecule has 1 aromatic carbocycles. The first-order valence-corrected chi connectivity index (χ1v) is 9.04. The van der Waals surface area contributed by atoms with E-state index < -0.39 is 0 Å². The molecule has 1 heterocycles. The largest absolute Gasteiger partial charge is 0.351 e. The average Bonchev–Trinajstić information content (AvgIpc) is 2.78. The van der Waals surface area contributed by atoms with E-state index in [0.29, 0.717) is 19.0 Å². The lowest BCUT2D eigenvalue weighted by atomic mass is 9.84. The van der Waals surface area contributed by atoms with Crippen molar-refractivity contribution in [3.8, 4) is 0 Å². The minimum Gasteiger partial charge on any atom is -0.351 e. The van der Waals surface area contributed by atoms with Crippen LogP contribution in [-0.4, -0.2) is 54.3 Å². The van der Waals surface area contributed by atoms with Crippen LogP contribution in [0.5, 0.6) is 0 Å². The molecule has 3 rings (SSSR count). The summed E-state index contributed by atoms with van der Waals surface area (Å²) in [5.74, 6) is 0.653. The molecule has 5 heteroatoms. The van der Waals surface area contributed by atoms with Gasteiger partial charge in [-0.15, -0.1) is 0 Å². The second-order valence-corrected chi connectivity index (χ2v) is 6.85. The quantitative estimate of drug-likeness (QED) is 0.893. The smallest absolute Gasteiger partial charge is 0.234 e. The summed E-state index contributed by atoms with van der Waals surface area (Å²) in [5.41, 5.74) is 1.11. The molecule has 0 spiro atoms. The van der Waals surface area contributed by atoms with E-state index in [0.717, 1.165) is 51.0 Å². The van der Waals surface area contributed by atoms with Crippen molar-refractivity contribution < 1.29 is 9.59 Å². The Morgan fingerprint density at radius 2 is 1.79 bits per heavy atom. The molecule has 2 fully saturated rings. The Labute approximate surface area is 144 Å². The zero-order valence-electron chi connectivity index (χ0n) is 14.2. The van der Waals surface area contributed by atoms with Crippen molar-refractivity contribution in [2.45, 2.75) is 32.2 Å². The van der Waals surface area contributed by atoms with Gasteiger partial charge in [0.1, 0.15) is 0 Å². The lowest BCUT2D eigenvalue weighted by Crippen LogP contribution is -2.42. The minimum atomic E-state index is 0.0534. The lowest BCUT2D eigenvalue weighted by Gasteiger charge is -2.31.